The second-order valence-corrected chi connectivity index (χ2v) is 10.3. The fourth-order valence-electron chi connectivity index (χ4n) is 4.99. The molecule has 1 amide bonds. The molecule has 1 atom stereocenters. The zero-order valence-corrected chi connectivity index (χ0v) is 22.6. The number of esters is 1. The summed E-state index contributed by atoms with van der Waals surface area (Å²) >= 11 is 6.50. The number of aliphatic hydroxyl groups is 1. The number of hydrogen-bond acceptors (Lipinski definition) is 5. The molecule has 1 heterocycles. The van der Waals surface area contributed by atoms with E-state index in [0.29, 0.717) is 31.1 Å². The van der Waals surface area contributed by atoms with Crippen molar-refractivity contribution >= 4 is 23.5 Å². The van der Waals surface area contributed by atoms with Gasteiger partial charge in [-0.25, -0.2) is 4.98 Å². The van der Waals surface area contributed by atoms with Gasteiger partial charge in [0.25, 0.3) is 5.91 Å². The summed E-state index contributed by atoms with van der Waals surface area (Å²) in [6.07, 6.45) is 7.62. The van der Waals surface area contributed by atoms with Gasteiger partial charge in [-0.2, -0.15) is 0 Å². The molecule has 1 aromatic heterocycles. The van der Waals surface area contributed by atoms with Crippen molar-refractivity contribution in [2.75, 3.05) is 6.61 Å². The number of halogens is 1. The molecule has 2 aromatic carbocycles. The molecule has 1 aliphatic rings. The van der Waals surface area contributed by atoms with E-state index in [0.717, 1.165) is 42.6 Å². The summed E-state index contributed by atoms with van der Waals surface area (Å²) in [6.45, 7) is 2.24. The third kappa shape index (κ3) is 7.23. The first-order chi connectivity index (χ1) is 18.5. The molecule has 7 nitrogen and oxygen atoms in total. The number of benzene rings is 2. The van der Waals surface area contributed by atoms with Crippen LogP contribution in [0.2, 0.25) is 5.15 Å². The Morgan fingerprint density at radius 1 is 1.13 bits per heavy atom. The molecule has 0 saturated heterocycles. The first-order valence-electron chi connectivity index (χ1n) is 13.5. The van der Waals surface area contributed by atoms with Gasteiger partial charge in [-0.05, 0) is 48.4 Å². The molecule has 0 spiro atoms. The highest BCUT2D eigenvalue weighted by Gasteiger charge is 2.25. The van der Waals surface area contributed by atoms with Crippen molar-refractivity contribution in [2.45, 2.75) is 70.9 Å². The molecule has 4 rings (SSSR count). The van der Waals surface area contributed by atoms with Gasteiger partial charge in [0.15, 0.2) is 5.15 Å². The molecule has 3 aromatic rings. The average molecular weight is 538 g/mol. The van der Waals surface area contributed by atoms with Crippen LogP contribution in [-0.2, 0) is 17.8 Å². The van der Waals surface area contributed by atoms with Crippen LogP contribution in [0.1, 0.15) is 85.4 Å². The number of aromatic nitrogens is 2. The summed E-state index contributed by atoms with van der Waals surface area (Å²) in [5, 5.41) is 13.0. The summed E-state index contributed by atoms with van der Waals surface area (Å²) in [5.41, 5.74) is 1.98. The number of hydrogen-bond donors (Lipinski definition) is 2. The summed E-state index contributed by atoms with van der Waals surface area (Å²) in [6, 6.07) is 16.1. The topological polar surface area (TPSA) is 93.5 Å². The van der Waals surface area contributed by atoms with E-state index in [1.54, 1.807) is 12.1 Å². The van der Waals surface area contributed by atoms with Gasteiger partial charge in [-0.1, -0.05) is 80.3 Å². The monoisotopic (exact) mass is 537 g/mol. The van der Waals surface area contributed by atoms with E-state index in [9.17, 15) is 14.7 Å². The normalized spacial score (nSPS) is 14.4. The molecule has 1 aliphatic carbocycles. The van der Waals surface area contributed by atoms with E-state index >= 15 is 0 Å². The van der Waals surface area contributed by atoms with Crippen LogP contribution in [0, 0.1) is 5.92 Å². The predicted molar refractivity (Wildman–Crippen MR) is 147 cm³/mol. The van der Waals surface area contributed by atoms with Crippen molar-refractivity contribution in [3.05, 3.63) is 82.4 Å². The van der Waals surface area contributed by atoms with Gasteiger partial charge in [-0.15, -0.1) is 0 Å². The number of amides is 1. The van der Waals surface area contributed by atoms with Crippen molar-refractivity contribution in [3.8, 4) is 5.75 Å². The van der Waals surface area contributed by atoms with Crippen molar-refractivity contribution < 1.29 is 19.4 Å². The highest BCUT2D eigenvalue weighted by atomic mass is 35.5. The maximum atomic E-state index is 13.4. The van der Waals surface area contributed by atoms with Gasteiger partial charge in [0.2, 0.25) is 0 Å². The molecular weight excluding hydrogens is 502 g/mol. The lowest BCUT2D eigenvalue weighted by atomic mass is 10.0. The summed E-state index contributed by atoms with van der Waals surface area (Å²) in [4.78, 5) is 30.2. The Labute approximate surface area is 229 Å². The summed E-state index contributed by atoms with van der Waals surface area (Å²) in [7, 11) is 0. The van der Waals surface area contributed by atoms with Crippen LogP contribution in [0.5, 0.6) is 5.75 Å². The Kier molecular flexibility index (Phi) is 9.96. The van der Waals surface area contributed by atoms with Crippen molar-refractivity contribution in [2.24, 2.45) is 5.92 Å². The smallest absolute Gasteiger partial charge is 0.311 e. The van der Waals surface area contributed by atoms with Crippen LogP contribution in [0.3, 0.4) is 0 Å². The molecule has 1 fully saturated rings. The predicted octanol–water partition coefficient (Wildman–Crippen LogP) is 5.88. The zero-order valence-electron chi connectivity index (χ0n) is 21.9. The number of nitrogens with zero attached hydrogens (tertiary/aromatic N) is 2. The molecule has 0 unspecified atom stereocenters. The Morgan fingerprint density at radius 3 is 2.50 bits per heavy atom. The maximum Gasteiger partial charge on any atom is 0.311 e. The number of aliphatic hydroxyl groups excluding tert-OH is 1. The SMILES string of the molecule is CCCCc1nc(Cl)c(C(=O)N[C@H](CO)c2ccccc2)n1Cc1ccc(OC(=O)CC2CCCC2)cc1. The van der Waals surface area contributed by atoms with Crippen LogP contribution < -0.4 is 10.1 Å². The largest absolute Gasteiger partial charge is 0.427 e. The van der Waals surface area contributed by atoms with E-state index in [1.807, 2.05) is 47.0 Å². The molecular formula is C30H36ClN3O4. The Balaban J connectivity index is 1.50. The van der Waals surface area contributed by atoms with E-state index in [2.05, 4.69) is 17.2 Å². The van der Waals surface area contributed by atoms with Crippen LogP contribution in [0.4, 0.5) is 0 Å². The van der Waals surface area contributed by atoms with Crippen LogP contribution in [0.15, 0.2) is 54.6 Å². The van der Waals surface area contributed by atoms with E-state index in [4.69, 9.17) is 16.3 Å². The fourth-order valence-corrected chi connectivity index (χ4v) is 5.28. The van der Waals surface area contributed by atoms with Crippen LogP contribution in [0.25, 0.3) is 0 Å². The molecule has 1 saturated carbocycles. The quantitative estimate of drug-likeness (QED) is 0.222. The van der Waals surface area contributed by atoms with E-state index in [1.165, 1.54) is 12.8 Å². The number of unbranched alkanes of at least 4 members (excludes halogenated alkanes) is 1. The maximum absolute atomic E-state index is 13.4. The van der Waals surface area contributed by atoms with Gasteiger partial charge in [0, 0.05) is 19.4 Å². The van der Waals surface area contributed by atoms with Crippen molar-refractivity contribution in [1.82, 2.24) is 14.9 Å². The molecule has 0 radical (unpaired) electrons. The minimum atomic E-state index is -0.569. The number of aryl methyl sites for hydroxylation is 1. The second-order valence-electron chi connectivity index (χ2n) is 9.95. The molecule has 0 aliphatic heterocycles. The number of ether oxygens (including phenoxy) is 1. The number of carbonyl (C=O) groups is 2. The van der Waals surface area contributed by atoms with Crippen LogP contribution >= 0.6 is 11.6 Å². The van der Waals surface area contributed by atoms with E-state index < -0.39 is 11.9 Å². The summed E-state index contributed by atoms with van der Waals surface area (Å²) in [5.74, 6) is 1.09. The van der Waals surface area contributed by atoms with E-state index in [-0.39, 0.29) is 23.4 Å². The van der Waals surface area contributed by atoms with Crippen molar-refractivity contribution in [1.29, 1.82) is 0 Å². The Hall–Kier alpha value is -3.16. The standard InChI is InChI=1S/C30H36ClN3O4/c1-2-3-13-26-33-29(31)28(30(37)32-25(20-35)23-11-5-4-6-12-23)34(26)19-22-14-16-24(17-15-22)38-27(36)18-21-9-7-8-10-21/h4-6,11-12,14-17,21,25,35H,2-3,7-10,13,18-20H2,1H3,(H,32,37)/t25-/m1/s1. The minimum Gasteiger partial charge on any atom is -0.427 e. The lowest BCUT2D eigenvalue weighted by Crippen LogP contribution is -2.32. The number of nitrogens with one attached hydrogen (secondary N) is 1. The van der Waals surface area contributed by atoms with Gasteiger partial charge < -0.3 is 19.7 Å². The van der Waals surface area contributed by atoms with Crippen molar-refractivity contribution in [3.63, 3.8) is 0 Å². The Bertz CT molecular complexity index is 1200. The van der Waals surface area contributed by atoms with Gasteiger partial charge >= 0.3 is 5.97 Å². The first kappa shape index (κ1) is 27.9. The second kappa shape index (κ2) is 13.6. The first-order valence-corrected chi connectivity index (χ1v) is 13.9. The van der Waals surface area contributed by atoms with Gasteiger partial charge in [0.1, 0.15) is 17.3 Å². The third-order valence-electron chi connectivity index (χ3n) is 7.09. The molecule has 38 heavy (non-hydrogen) atoms. The Morgan fingerprint density at radius 2 is 1.84 bits per heavy atom. The molecule has 0 bridgehead atoms. The highest BCUT2D eigenvalue weighted by Crippen LogP contribution is 2.28. The lowest BCUT2D eigenvalue weighted by molar-refractivity contribution is -0.135. The fraction of sp³-hybridized carbons (Fsp3) is 0.433. The van der Waals surface area contributed by atoms with Gasteiger partial charge in [-0.3, -0.25) is 9.59 Å². The molecule has 2 N–H and O–H groups in total. The van der Waals surface area contributed by atoms with Crippen LogP contribution in [-0.4, -0.2) is 33.1 Å². The van der Waals surface area contributed by atoms with Gasteiger partial charge in [0.05, 0.1) is 12.6 Å². The summed E-state index contributed by atoms with van der Waals surface area (Å²) < 4.78 is 7.40. The third-order valence-corrected chi connectivity index (χ3v) is 7.35. The zero-order chi connectivity index (χ0) is 26.9. The number of imidazole rings is 1. The number of rotatable bonds is 12. The average Bonchev–Trinajstić information content (AvgIpc) is 3.54. The minimum absolute atomic E-state index is 0.135. The molecule has 8 heteroatoms. The highest BCUT2D eigenvalue weighted by molar-refractivity contribution is 6.32. The number of carbonyl (C=O) groups excluding carboxylic acids is 2. The lowest BCUT2D eigenvalue weighted by Gasteiger charge is -2.18. The molecule has 202 valence electrons.